The van der Waals surface area contributed by atoms with Gasteiger partial charge in [-0.05, 0) is 49.7 Å². The lowest BCUT2D eigenvalue weighted by Gasteiger charge is -2.19. The van der Waals surface area contributed by atoms with Gasteiger partial charge in [-0.15, -0.1) is 0 Å². The van der Waals surface area contributed by atoms with Gasteiger partial charge in [-0.1, -0.05) is 12.1 Å². The highest BCUT2D eigenvalue weighted by Gasteiger charge is 2.19. The van der Waals surface area contributed by atoms with E-state index in [-0.39, 0.29) is 16.8 Å². The molecule has 0 saturated heterocycles. The fraction of sp³-hybridized carbons (Fsp3) is 0.350. The van der Waals surface area contributed by atoms with Gasteiger partial charge in [0.15, 0.2) is 11.5 Å². The second-order valence-electron chi connectivity index (χ2n) is 6.65. The molecule has 0 heterocycles. The minimum atomic E-state index is -3.67. The average molecular weight is 407 g/mol. The molecule has 2 aromatic rings. The number of hydrogen-bond acceptors (Lipinski definition) is 5. The van der Waals surface area contributed by atoms with Crippen molar-refractivity contribution in [2.24, 2.45) is 0 Å². The third-order valence-corrected chi connectivity index (χ3v) is 5.65. The number of carbonyl (C=O) groups is 1. The Bertz CT molecular complexity index is 941. The Morgan fingerprint density at radius 3 is 2.36 bits per heavy atom. The normalized spacial score (nSPS) is 11.4. The second-order valence-corrected chi connectivity index (χ2v) is 8.37. The van der Waals surface area contributed by atoms with Crippen LogP contribution in [0.15, 0.2) is 47.4 Å². The van der Waals surface area contributed by atoms with Crippen LogP contribution in [-0.4, -0.2) is 46.5 Å². The lowest BCUT2D eigenvalue weighted by atomic mass is 10.1. The molecule has 0 aliphatic heterocycles. The topological polar surface area (TPSA) is 84.9 Å². The Balaban J connectivity index is 2.21. The number of sulfonamides is 1. The third-order valence-electron chi connectivity index (χ3n) is 4.00. The molecule has 1 amide bonds. The van der Waals surface area contributed by atoms with E-state index in [0.717, 1.165) is 5.56 Å². The van der Waals surface area contributed by atoms with Crippen molar-refractivity contribution in [3.63, 3.8) is 0 Å². The number of hydrogen-bond donors (Lipinski definition) is 1. The van der Waals surface area contributed by atoms with Gasteiger partial charge in [-0.25, -0.2) is 13.1 Å². The maximum absolute atomic E-state index is 12.8. The van der Waals surface area contributed by atoms with E-state index in [2.05, 4.69) is 4.72 Å². The molecule has 0 fully saturated rings. The first kappa shape index (κ1) is 21.7. The highest BCUT2D eigenvalue weighted by molar-refractivity contribution is 7.89. The molecule has 0 spiro atoms. The molecule has 8 heteroatoms. The molecule has 28 heavy (non-hydrogen) atoms. The lowest BCUT2D eigenvalue weighted by molar-refractivity contribution is 0.0784. The number of nitrogens with one attached hydrogen (secondary N) is 1. The van der Waals surface area contributed by atoms with Gasteiger partial charge in [0.2, 0.25) is 10.0 Å². The maximum atomic E-state index is 12.8. The Hall–Kier alpha value is -2.58. The number of benzene rings is 2. The summed E-state index contributed by atoms with van der Waals surface area (Å²) in [6.45, 7) is 3.81. The number of carbonyl (C=O) groups excluding carboxylic acids is 1. The predicted molar refractivity (Wildman–Crippen MR) is 107 cm³/mol. The third kappa shape index (κ3) is 5.24. The maximum Gasteiger partial charge on any atom is 0.253 e. The number of ether oxygens (including phenoxy) is 2. The quantitative estimate of drug-likeness (QED) is 0.729. The summed E-state index contributed by atoms with van der Waals surface area (Å²) in [5.41, 5.74) is 1.16. The van der Waals surface area contributed by atoms with Crippen LogP contribution < -0.4 is 14.2 Å². The van der Waals surface area contributed by atoms with E-state index in [1.165, 1.54) is 17.0 Å². The van der Waals surface area contributed by atoms with Gasteiger partial charge in [-0.3, -0.25) is 4.79 Å². The molecule has 2 aromatic carbocycles. The molecular formula is C20H26N2O5S. The molecule has 152 valence electrons. The van der Waals surface area contributed by atoms with Crippen molar-refractivity contribution in [3.8, 4) is 11.5 Å². The molecule has 1 N–H and O–H groups in total. The molecule has 2 rings (SSSR count). The Morgan fingerprint density at radius 2 is 1.75 bits per heavy atom. The van der Waals surface area contributed by atoms with E-state index in [4.69, 9.17) is 9.47 Å². The first-order chi connectivity index (χ1) is 13.2. The zero-order chi connectivity index (χ0) is 20.9. The zero-order valence-electron chi connectivity index (χ0n) is 16.7. The summed E-state index contributed by atoms with van der Waals surface area (Å²) < 4.78 is 37.7. The fourth-order valence-electron chi connectivity index (χ4n) is 2.72. The van der Waals surface area contributed by atoms with Crippen molar-refractivity contribution in [2.45, 2.75) is 31.3 Å². The standard InChI is InChI=1S/C20H26N2O5S/c1-14(2)21-28(24,25)17-8-6-7-16(12-17)20(23)22(3)13-15-9-10-18(26-4)19(11-15)27-5/h6-12,14,21H,13H2,1-5H3. The molecule has 0 saturated carbocycles. The molecule has 0 aliphatic carbocycles. The van der Waals surface area contributed by atoms with Gasteiger partial charge in [0.25, 0.3) is 5.91 Å². The minimum Gasteiger partial charge on any atom is -0.493 e. The van der Waals surface area contributed by atoms with Crippen molar-refractivity contribution >= 4 is 15.9 Å². The monoisotopic (exact) mass is 406 g/mol. The molecule has 0 unspecified atom stereocenters. The van der Waals surface area contributed by atoms with E-state index < -0.39 is 10.0 Å². The van der Waals surface area contributed by atoms with Crippen molar-refractivity contribution in [3.05, 3.63) is 53.6 Å². The molecule has 0 atom stereocenters. The number of rotatable bonds is 8. The summed E-state index contributed by atoms with van der Waals surface area (Å²) in [5.74, 6) is 0.904. The van der Waals surface area contributed by atoms with Crippen LogP contribution in [0.5, 0.6) is 11.5 Å². The first-order valence-electron chi connectivity index (χ1n) is 8.76. The molecule has 0 radical (unpaired) electrons. The van der Waals surface area contributed by atoms with E-state index >= 15 is 0 Å². The largest absolute Gasteiger partial charge is 0.493 e. The fourth-order valence-corrected chi connectivity index (χ4v) is 4.02. The summed E-state index contributed by atoms with van der Waals surface area (Å²) in [6, 6.07) is 11.2. The first-order valence-corrected chi connectivity index (χ1v) is 10.2. The van der Waals surface area contributed by atoms with Crippen molar-refractivity contribution in [1.29, 1.82) is 0 Å². The van der Waals surface area contributed by atoms with Crippen LogP contribution in [0.25, 0.3) is 0 Å². The van der Waals surface area contributed by atoms with Crippen LogP contribution >= 0.6 is 0 Å². The van der Waals surface area contributed by atoms with E-state index in [1.54, 1.807) is 59.4 Å². The SMILES string of the molecule is COc1ccc(CN(C)C(=O)c2cccc(S(=O)(=O)NC(C)C)c2)cc1OC. The Kier molecular flexibility index (Phi) is 7.04. The average Bonchev–Trinajstić information content (AvgIpc) is 2.66. The van der Waals surface area contributed by atoms with Crippen molar-refractivity contribution in [2.75, 3.05) is 21.3 Å². The van der Waals surface area contributed by atoms with Crippen LogP contribution in [0.2, 0.25) is 0 Å². The van der Waals surface area contributed by atoms with Gasteiger partial charge in [0.05, 0.1) is 19.1 Å². The Labute approximate surface area is 166 Å². The van der Waals surface area contributed by atoms with Crippen molar-refractivity contribution in [1.82, 2.24) is 9.62 Å². The summed E-state index contributed by atoms with van der Waals surface area (Å²) in [6.07, 6.45) is 0. The van der Waals surface area contributed by atoms with Crippen molar-refractivity contribution < 1.29 is 22.7 Å². The smallest absolute Gasteiger partial charge is 0.253 e. The molecule has 0 aromatic heterocycles. The van der Waals surface area contributed by atoms with Gasteiger partial charge >= 0.3 is 0 Å². The minimum absolute atomic E-state index is 0.0616. The lowest BCUT2D eigenvalue weighted by Crippen LogP contribution is -2.31. The number of amides is 1. The van der Waals surface area contributed by atoms with E-state index in [0.29, 0.717) is 23.6 Å². The highest BCUT2D eigenvalue weighted by Crippen LogP contribution is 2.28. The van der Waals surface area contributed by atoms with Crippen LogP contribution in [0.4, 0.5) is 0 Å². The second kappa shape index (κ2) is 9.07. The summed E-state index contributed by atoms with van der Waals surface area (Å²) in [5, 5.41) is 0. The zero-order valence-corrected chi connectivity index (χ0v) is 17.5. The predicted octanol–water partition coefficient (Wildman–Crippen LogP) is 2.66. The van der Waals surface area contributed by atoms with E-state index in [9.17, 15) is 13.2 Å². The van der Waals surface area contributed by atoms with Gasteiger partial charge < -0.3 is 14.4 Å². The van der Waals surface area contributed by atoms with Crippen LogP contribution in [0.1, 0.15) is 29.8 Å². The molecular weight excluding hydrogens is 380 g/mol. The Morgan fingerprint density at radius 1 is 1.07 bits per heavy atom. The van der Waals surface area contributed by atoms with Gasteiger partial charge in [0, 0.05) is 25.2 Å². The number of methoxy groups -OCH3 is 2. The van der Waals surface area contributed by atoms with E-state index in [1.807, 2.05) is 6.07 Å². The van der Waals surface area contributed by atoms with Crippen LogP contribution in [-0.2, 0) is 16.6 Å². The highest BCUT2D eigenvalue weighted by atomic mass is 32.2. The summed E-state index contributed by atoms with van der Waals surface area (Å²) >= 11 is 0. The van der Waals surface area contributed by atoms with Gasteiger partial charge in [0.1, 0.15) is 0 Å². The molecule has 0 bridgehead atoms. The summed E-state index contributed by atoms with van der Waals surface area (Å²) in [4.78, 5) is 14.4. The van der Waals surface area contributed by atoms with Crippen LogP contribution in [0.3, 0.4) is 0 Å². The van der Waals surface area contributed by atoms with Gasteiger partial charge in [-0.2, -0.15) is 0 Å². The molecule has 0 aliphatic rings. The summed E-state index contributed by atoms with van der Waals surface area (Å²) in [7, 11) is 1.10. The van der Waals surface area contributed by atoms with Crippen LogP contribution in [0, 0.1) is 0 Å². The number of nitrogens with zero attached hydrogens (tertiary/aromatic N) is 1. The molecule has 7 nitrogen and oxygen atoms in total.